The van der Waals surface area contributed by atoms with Gasteiger partial charge in [-0.05, 0) is 30.9 Å². The lowest BCUT2D eigenvalue weighted by Crippen LogP contribution is -2.14. The fourth-order valence-electron chi connectivity index (χ4n) is 2.18. The van der Waals surface area contributed by atoms with Gasteiger partial charge in [-0.3, -0.25) is 0 Å². The van der Waals surface area contributed by atoms with Gasteiger partial charge < -0.3 is 5.32 Å². The lowest BCUT2D eigenvalue weighted by Gasteiger charge is -2.13. The summed E-state index contributed by atoms with van der Waals surface area (Å²) < 4.78 is 1.98. The van der Waals surface area contributed by atoms with Crippen molar-refractivity contribution in [3.63, 3.8) is 0 Å². The van der Waals surface area contributed by atoms with Crippen LogP contribution in [0.5, 0.6) is 0 Å². The van der Waals surface area contributed by atoms with Gasteiger partial charge in [0.15, 0.2) is 0 Å². The van der Waals surface area contributed by atoms with E-state index in [0.717, 1.165) is 12.4 Å². The van der Waals surface area contributed by atoms with Crippen LogP contribution in [0.15, 0.2) is 24.5 Å². The molecule has 2 rings (SSSR count). The predicted molar refractivity (Wildman–Crippen MR) is 78.1 cm³/mol. The minimum atomic E-state index is 0.570. The molecule has 1 heterocycles. The molecule has 2 aromatic rings. The lowest BCUT2D eigenvalue weighted by molar-refractivity contribution is 0.468. The van der Waals surface area contributed by atoms with E-state index in [1.165, 1.54) is 16.8 Å². The number of benzene rings is 1. The molecular weight excluding hydrogens is 236 g/mol. The number of aromatic nitrogens is 3. The van der Waals surface area contributed by atoms with E-state index in [2.05, 4.69) is 61.3 Å². The molecule has 1 aromatic carbocycles. The smallest absolute Gasteiger partial charge is 0.146 e. The maximum absolute atomic E-state index is 4.33. The molecule has 0 atom stereocenters. The summed E-state index contributed by atoms with van der Waals surface area (Å²) in [7, 11) is 0. The van der Waals surface area contributed by atoms with E-state index in [0.29, 0.717) is 12.5 Å². The van der Waals surface area contributed by atoms with Crippen LogP contribution in [0.3, 0.4) is 0 Å². The normalized spacial score (nSPS) is 11.0. The molecule has 0 unspecified atom stereocenters. The van der Waals surface area contributed by atoms with Crippen molar-refractivity contribution in [3.8, 4) is 0 Å². The zero-order valence-electron chi connectivity index (χ0n) is 12.1. The van der Waals surface area contributed by atoms with Crippen LogP contribution in [0.1, 0.15) is 30.8 Å². The van der Waals surface area contributed by atoms with Crippen molar-refractivity contribution >= 4 is 5.69 Å². The molecule has 0 radical (unpaired) electrons. The molecular formula is C15H22N4. The van der Waals surface area contributed by atoms with E-state index in [-0.39, 0.29) is 0 Å². The summed E-state index contributed by atoms with van der Waals surface area (Å²) in [6, 6.07) is 6.32. The molecule has 0 aliphatic rings. The summed E-state index contributed by atoms with van der Waals surface area (Å²) in [5.41, 5.74) is 3.71. The molecule has 19 heavy (non-hydrogen) atoms. The average molecular weight is 258 g/mol. The molecule has 102 valence electrons. The van der Waals surface area contributed by atoms with Gasteiger partial charge in [-0.25, -0.2) is 9.67 Å². The highest BCUT2D eigenvalue weighted by Crippen LogP contribution is 2.19. The maximum Gasteiger partial charge on any atom is 0.146 e. The molecule has 4 nitrogen and oxygen atoms in total. The Morgan fingerprint density at radius 2 is 1.89 bits per heavy atom. The van der Waals surface area contributed by atoms with E-state index in [9.17, 15) is 0 Å². The minimum absolute atomic E-state index is 0.570. The molecule has 0 bridgehead atoms. The third kappa shape index (κ3) is 3.34. The molecule has 0 aliphatic carbocycles. The summed E-state index contributed by atoms with van der Waals surface area (Å²) in [4.78, 5) is 4.33. The zero-order valence-corrected chi connectivity index (χ0v) is 12.1. The first kappa shape index (κ1) is 13.6. The summed E-state index contributed by atoms with van der Waals surface area (Å²) in [6.45, 7) is 10.2. The Labute approximate surface area is 114 Å². The van der Waals surface area contributed by atoms with Gasteiger partial charge in [0, 0.05) is 12.2 Å². The van der Waals surface area contributed by atoms with Crippen molar-refractivity contribution in [3.05, 3.63) is 41.5 Å². The van der Waals surface area contributed by atoms with Gasteiger partial charge in [0.25, 0.3) is 0 Å². The van der Waals surface area contributed by atoms with E-state index in [4.69, 9.17) is 0 Å². The Balaban J connectivity index is 2.09. The monoisotopic (exact) mass is 258 g/mol. The van der Waals surface area contributed by atoms with E-state index in [1.807, 2.05) is 4.68 Å². The largest absolute Gasteiger partial charge is 0.377 e. The van der Waals surface area contributed by atoms with Gasteiger partial charge in [0.05, 0.1) is 6.54 Å². The highest BCUT2D eigenvalue weighted by atomic mass is 15.3. The fourth-order valence-corrected chi connectivity index (χ4v) is 2.18. The minimum Gasteiger partial charge on any atom is -0.377 e. The summed E-state index contributed by atoms with van der Waals surface area (Å²) in [5.74, 6) is 1.55. The highest BCUT2D eigenvalue weighted by molar-refractivity contribution is 5.56. The van der Waals surface area contributed by atoms with Crippen LogP contribution in [0.2, 0.25) is 0 Å². The molecule has 0 spiro atoms. The molecule has 0 aliphatic heterocycles. The van der Waals surface area contributed by atoms with Gasteiger partial charge in [-0.1, -0.05) is 32.0 Å². The van der Waals surface area contributed by atoms with Crippen LogP contribution in [-0.2, 0) is 13.1 Å². The van der Waals surface area contributed by atoms with Crippen molar-refractivity contribution in [1.82, 2.24) is 14.8 Å². The first-order valence-electron chi connectivity index (χ1n) is 6.74. The topological polar surface area (TPSA) is 42.7 Å². The van der Waals surface area contributed by atoms with Crippen LogP contribution in [-0.4, -0.2) is 14.8 Å². The van der Waals surface area contributed by atoms with Crippen molar-refractivity contribution in [2.24, 2.45) is 5.92 Å². The van der Waals surface area contributed by atoms with E-state index < -0.39 is 0 Å². The number of hydrogen-bond donors (Lipinski definition) is 1. The molecule has 0 fully saturated rings. The van der Waals surface area contributed by atoms with Crippen molar-refractivity contribution < 1.29 is 0 Å². The Kier molecular flexibility index (Phi) is 4.20. The molecule has 0 saturated carbocycles. The SMILES string of the molecule is Cc1cccc(C)c1NCc1ncnn1CC(C)C. The summed E-state index contributed by atoms with van der Waals surface area (Å²) in [6.07, 6.45) is 1.63. The van der Waals surface area contributed by atoms with Crippen molar-refractivity contribution in [1.29, 1.82) is 0 Å². The maximum atomic E-state index is 4.33. The summed E-state index contributed by atoms with van der Waals surface area (Å²) in [5, 5.41) is 7.75. The van der Waals surface area contributed by atoms with Crippen LogP contribution in [0.25, 0.3) is 0 Å². The van der Waals surface area contributed by atoms with Crippen LogP contribution >= 0.6 is 0 Å². The standard InChI is InChI=1S/C15H22N4/c1-11(2)9-19-14(17-10-18-19)8-16-15-12(3)6-5-7-13(15)4/h5-7,10-11,16H,8-9H2,1-4H3. The van der Waals surface area contributed by atoms with Gasteiger partial charge in [-0.15, -0.1) is 0 Å². The van der Waals surface area contributed by atoms with E-state index in [1.54, 1.807) is 6.33 Å². The Bertz CT molecular complexity index is 523. The quantitative estimate of drug-likeness (QED) is 0.895. The Hall–Kier alpha value is -1.84. The molecule has 0 amide bonds. The highest BCUT2D eigenvalue weighted by Gasteiger charge is 2.07. The first-order valence-corrected chi connectivity index (χ1v) is 6.74. The zero-order chi connectivity index (χ0) is 13.8. The number of rotatable bonds is 5. The van der Waals surface area contributed by atoms with Gasteiger partial charge in [0.2, 0.25) is 0 Å². The van der Waals surface area contributed by atoms with Gasteiger partial charge in [-0.2, -0.15) is 5.10 Å². The van der Waals surface area contributed by atoms with Gasteiger partial charge in [0.1, 0.15) is 12.2 Å². The summed E-state index contributed by atoms with van der Waals surface area (Å²) >= 11 is 0. The Morgan fingerprint density at radius 1 is 1.21 bits per heavy atom. The second kappa shape index (κ2) is 5.87. The second-order valence-electron chi connectivity index (χ2n) is 5.37. The first-order chi connectivity index (χ1) is 9.08. The lowest BCUT2D eigenvalue weighted by atomic mass is 10.1. The van der Waals surface area contributed by atoms with Crippen LogP contribution in [0.4, 0.5) is 5.69 Å². The third-order valence-corrected chi connectivity index (χ3v) is 3.14. The number of nitrogens with one attached hydrogen (secondary N) is 1. The molecule has 1 aromatic heterocycles. The average Bonchev–Trinajstić information content (AvgIpc) is 2.75. The van der Waals surface area contributed by atoms with Gasteiger partial charge >= 0.3 is 0 Å². The Morgan fingerprint density at radius 3 is 2.53 bits per heavy atom. The van der Waals surface area contributed by atoms with Crippen molar-refractivity contribution in [2.45, 2.75) is 40.8 Å². The van der Waals surface area contributed by atoms with Crippen LogP contribution in [0, 0.1) is 19.8 Å². The third-order valence-electron chi connectivity index (χ3n) is 3.14. The van der Waals surface area contributed by atoms with E-state index >= 15 is 0 Å². The predicted octanol–water partition coefficient (Wildman–Crippen LogP) is 3.16. The molecule has 4 heteroatoms. The number of aryl methyl sites for hydroxylation is 2. The fraction of sp³-hybridized carbons (Fsp3) is 0.467. The number of nitrogens with zero attached hydrogens (tertiary/aromatic N) is 3. The molecule has 1 N–H and O–H groups in total. The number of anilines is 1. The number of para-hydroxylation sites is 1. The van der Waals surface area contributed by atoms with Crippen molar-refractivity contribution in [2.75, 3.05) is 5.32 Å². The number of hydrogen-bond acceptors (Lipinski definition) is 3. The van der Waals surface area contributed by atoms with Crippen LogP contribution < -0.4 is 5.32 Å². The molecule has 0 saturated heterocycles. The second-order valence-corrected chi connectivity index (χ2v) is 5.37.